The summed E-state index contributed by atoms with van der Waals surface area (Å²) < 4.78 is 10.9. The normalized spacial score (nSPS) is 18.8. The Morgan fingerprint density at radius 3 is 2.32 bits per heavy atom. The highest BCUT2D eigenvalue weighted by Crippen LogP contribution is 2.29. The molecule has 4 rings (SSSR count). The van der Waals surface area contributed by atoms with Crippen LogP contribution in [0.2, 0.25) is 0 Å². The summed E-state index contributed by atoms with van der Waals surface area (Å²) in [6.45, 7) is 8.40. The van der Waals surface area contributed by atoms with Gasteiger partial charge < -0.3 is 25.0 Å². The first kappa shape index (κ1) is 23.6. The second-order valence-electron chi connectivity index (χ2n) is 8.24. The maximum atomic E-state index is 13.0. The van der Waals surface area contributed by atoms with Crippen molar-refractivity contribution in [3.63, 3.8) is 0 Å². The summed E-state index contributed by atoms with van der Waals surface area (Å²) in [4.78, 5) is 30.2. The van der Waals surface area contributed by atoms with E-state index in [-0.39, 0.29) is 12.6 Å². The fraction of sp³-hybridized carbons (Fsp3) is 0.385. The van der Waals surface area contributed by atoms with Crippen LogP contribution in [0.15, 0.2) is 65.9 Å². The third-order valence-corrected chi connectivity index (χ3v) is 6.05. The van der Waals surface area contributed by atoms with Gasteiger partial charge in [-0.1, -0.05) is 30.3 Å². The van der Waals surface area contributed by atoms with Gasteiger partial charge in [0, 0.05) is 44.1 Å². The number of carbonyl (C=O) groups is 2. The number of carbonyl (C=O) groups excluding carboxylic acids is 2. The molecular weight excluding hydrogens is 432 g/mol. The summed E-state index contributed by atoms with van der Waals surface area (Å²) in [7, 11) is 0. The molecule has 1 saturated heterocycles. The molecule has 2 N–H and O–H groups in total. The van der Waals surface area contributed by atoms with Crippen molar-refractivity contribution < 1.29 is 19.1 Å². The van der Waals surface area contributed by atoms with Crippen molar-refractivity contribution in [2.45, 2.75) is 19.9 Å². The highest BCUT2D eigenvalue weighted by atomic mass is 16.5. The van der Waals surface area contributed by atoms with Gasteiger partial charge in [0.05, 0.1) is 24.8 Å². The topological polar surface area (TPSA) is 83.1 Å². The third kappa shape index (κ3) is 5.51. The number of esters is 1. The summed E-state index contributed by atoms with van der Waals surface area (Å²) in [5.41, 5.74) is 3.04. The minimum absolute atomic E-state index is 0.259. The lowest BCUT2D eigenvalue weighted by atomic mass is 9.94. The Bertz CT molecular complexity index is 1010. The highest BCUT2D eigenvalue weighted by Gasteiger charge is 2.34. The summed E-state index contributed by atoms with van der Waals surface area (Å²) in [6.07, 6.45) is 0. The maximum Gasteiger partial charge on any atom is 0.338 e. The minimum Gasteiger partial charge on any atom is -0.494 e. The van der Waals surface area contributed by atoms with Crippen LogP contribution in [0.25, 0.3) is 0 Å². The molecule has 2 aliphatic heterocycles. The first-order valence-electron chi connectivity index (χ1n) is 11.8. The average molecular weight is 465 g/mol. The monoisotopic (exact) mass is 464 g/mol. The molecule has 0 unspecified atom stereocenters. The molecule has 8 nitrogen and oxygen atoms in total. The standard InChI is InChI=1S/C26H32N4O4/c1-3-33-21-12-10-19(11-13-21)24-23(25(31)34-4-2)22(27-26(32)28-24)18-29-14-16-30(17-15-29)20-8-6-5-7-9-20/h5-13,24H,3-4,14-18H2,1-2H3,(H2,27,28,32)/t24-/m0/s1. The van der Waals surface area contributed by atoms with E-state index in [0.717, 1.165) is 37.5 Å². The number of piperazine rings is 1. The van der Waals surface area contributed by atoms with Crippen LogP contribution >= 0.6 is 0 Å². The molecule has 2 amide bonds. The van der Waals surface area contributed by atoms with Crippen molar-refractivity contribution in [2.24, 2.45) is 0 Å². The van der Waals surface area contributed by atoms with Gasteiger partial charge in [-0.3, -0.25) is 4.90 Å². The van der Waals surface area contributed by atoms with Crippen LogP contribution in [0.4, 0.5) is 10.5 Å². The molecule has 0 spiro atoms. The van der Waals surface area contributed by atoms with Crippen molar-refractivity contribution in [3.8, 4) is 5.75 Å². The van der Waals surface area contributed by atoms with Crippen molar-refractivity contribution >= 4 is 17.7 Å². The Hall–Kier alpha value is -3.52. The number of amides is 2. The molecule has 8 heteroatoms. The van der Waals surface area contributed by atoms with Gasteiger partial charge in [-0.15, -0.1) is 0 Å². The first-order valence-corrected chi connectivity index (χ1v) is 11.8. The van der Waals surface area contributed by atoms with Crippen molar-refractivity contribution in [1.82, 2.24) is 15.5 Å². The van der Waals surface area contributed by atoms with E-state index < -0.39 is 12.0 Å². The molecule has 2 aliphatic rings. The van der Waals surface area contributed by atoms with Crippen LogP contribution in [-0.4, -0.2) is 62.8 Å². The van der Waals surface area contributed by atoms with Crippen molar-refractivity contribution in [3.05, 3.63) is 71.4 Å². The summed E-state index contributed by atoms with van der Waals surface area (Å²) >= 11 is 0. The zero-order valence-electron chi connectivity index (χ0n) is 19.8. The molecule has 0 aliphatic carbocycles. The van der Waals surface area contributed by atoms with E-state index in [9.17, 15) is 9.59 Å². The SMILES string of the molecule is CCOC(=O)C1=C(CN2CCN(c3ccccc3)CC2)NC(=O)N[C@H]1c1ccc(OCC)cc1. The van der Waals surface area contributed by atoms with E-state index in [1.54, 1.807) is 6.92 Å². The fourth-order valence-electron chi connectivity index (χ4n) is 4.39. The lowest BCUT2D eigenvalue weighted by Gasteiger charge is -2.38. The number of urea groups is 1. The average Bonchev–Trinajstić information content (AvgIpc) is 2.85. The van der Waals surface area contributed by atoms with Gasteiger partial charge >= 0.3 is 12.0 Å². The number of rotatable bonds is 8. The largest absolute Gasteiger partial charge is 0.494 e. The zero-order chi connectivity index (χ0) is 23.9. The van der Waals surface area contributed by atoms with E-state index in [1.807, 2.05) is 49.4 Å². The number of hydrogen-bond acceptors (Lipinski definition) is 6. The van der Waals surface area contributed by atoms with E-state index in [1.165, 1.54) is 5.69 Å². The molecule has 0 aromatic heterocycles. The van der Waals surface area contributed by atoms with Crippen LogP contribution in [0.5, 0.6) is 5.75 Å². The number of nitrogens with one attached hydrogen (secondary N) is 2. The number of para-hydroxylation sites is 1. The Morgan fingerprint density at radius 2 is 1.68 bits per heavy atom. The zero-order valence-corrected chi connectivity index (χ0v) is 19.8. The Morgan fingerprint density at radius 1 is 0.971 bits per heavy atom. The molecule has 2 heterocycles. The third-order valence-electron chi connectivity index (χ3n) is 6.05. The predicted octanol–water partition coefficient (Wildman–Crippen LogP) is 3.08. The van der Waals surface area contributed by atoms with Gasteiger partial charge in [-0.25, -0.2) is 9.59 Å². The molecule has 0 saturated carbocycles. The molecule has 1 atom stereocenters. The second-order valence-corrected chi connectivity index (χ2v) is 8.24. The summed E-state index contributed by atoms with van der Waals surface area (Å²) in [5, 5.41) is 5.77. The van der Waals surface area contributed by atoms with E-state index in [0.29, 0.717) is 24.4 Å². The van der Waals surface area contributed by atoms with Crippen LogP contribution in [0, 0.1) is 0 Å². The number of ether oxygens (including phenoxy) is 2. The number of nitrogens with zero attached hydrogens (tertiary/aromatic N) is 2. The number of benzene rings is 2. The van der Waals surface area contributed by atoms with Crippen LogP contribution in [0.1, 0.15) is 25.5 Å². The van der Waals surface area contributed by atoms with Gasteiger partial charge in [-0.05, 0) is 43.7 Å². The molecule has 2 aromatic rings. The van der Waals surface area contributed by atoms with Gasteiger partial charge in [0.25, 0.3) is 0 Å². The molecular formula is C26H32N4O4. The van der Waals surface area contributed by atoms with Crippen molar-refractivity contribution in [1.29, 1.82) is 0 Å². The molecule has 2 aromatic carbocycles. The highest BCUT2D eigenvalue weighted by molar-refractivity contribution is 5.95. The van der Waals surface area contributed by atoms with Gasteiger partial charge in [0.1, 0.15) is 5.75 Å². The second kappa shape index (κ2) is 11.1. The van der Waals surface area contributed by atoms with Gasteiger partial charge in [0.2, 0.25) is 0 Å². The summed E-state index contributed by atoms with van der Waals surface area (Å²) in [5.74, 6) is 0.316. The maximum absolute atomic E-state index is 13.0. The lowest BCUT2D eigenvalue weighted by Crippen LogP contribution is -2.51. The Labute approximate surface area is 200 Å². The minimum atomic E-state index is -0.593. The molecule has 180 valence electrons. The Balaban J connectivity index is 1.55. The quantitative estimate of drug-likeness (QED) is 0.585. The van der Waals surface area contributed by atoms with Crippen LogP contribution in [-0.2, 0) is 9.53 Å². The number of hydrogen-bond donors (Lipinski definition) is 2. The molecule has 0 bridgehead atoms. The number of anilines is 1. The Kier molecular flexibility index (Phi) is 7.69. The van der Waals surface area contributed by atoms with Gasteiger partial charge in [0.15, 0.2) is 0 Å². The van der Waals surface area contributed by atoms with Crippen LogP contribution < -0.4 is 20.3 Å². The molecule has 0 radical (unpaired) electrons. The summed E-state index contributed by atoms with van der Waals surface area (Å²) in [6, 6.07) is 16.9. The molecule has 1 fully saturated rings. The van der Waals surface area contributed by atoms with E-state index in [2.05, 4.69) is 32.6 Å². The predicted molar refractivity (Wildman–Crippen MR) is 131 cm³/mol. The van der Waals surface area contributed by atoms with Gasteiger partial charge in [-0.2, -0.15) is 0 Å². The van der Waals surface area contributed by atoms with E-state index >= 15 is 0 Å². The van der Waals surface area contributed by atoms with E-state index in [4.69, 9.17) is 9.47 Å². The lowest BCUT2D eigenvalue weighted by molar-refractivity contribution is -0.139. The smallest absolute Gasteiger partial charge is 0.338 e. The van der Waals surface area contributed by atoms with Crippen LogP contribution in [0.3, 0.4) is 0 Å². The fourth-order valence-corrected chi connectivity index (χ4v) is 4.39. The molecule has 34 heavy (non-hydrogen) atoms. The van der Waals surface area contributed by atoms with Crippen molar-refractivity contribution in [2.75, 3.05) is 50.8 Å². The first-order chi connectivity index (χ1) is 16.6.